The van der Waals surface area contributed by atoms with Gasteiger partial charge in [0, 0.05) is 19.2 Å². The lowest BCUT2D eigenvalue weighted by molar-refractivity contribution is -0.131. The highest BCUT2D eigenvalue weighted by atomic mass is 32.2. The number of β-amino-alcohol motifs (C(OH)–C–C–N with tert-alkyl or cyclic N) is 1. The maximum absolute atomic E-state index is 12.2. The Hall–Kier alpha value is -1.70. The molecule has 1 aromatic rings. The van der Waals surface area contributed by atoms with Crippen molar-refractivity contribution in [2.75, 3.05) is 13.1 Å². The molecule has 20 heavy (non-hydrogen) atoms. The highest BCUT2D eigenvalue weighted by Gasteiger charge is 2.43. The topological polar surface area (TPSA) is 94.9 Å². The first-order valence-corrected chi connectivity index (χ1v) is 7.38. The Bertz CT molecular complexity index is 638. The molecule has 7 heteroatoms. The fourth-order valence-corrected chi connectivity index (χ4v) is 3.63. The highest BCUT2D eigenvalue weighted by Crippen LogP contribution is 2.27. The second-order valence-corrected chi connectivity index (χ2v) is 6.95. The lowest BCUT2D eigenvalue weighted by Crippen LogP contribution is -2.61. The molecule has 1 heterocycles. The minimum Gasteiger partial charge on any atom is -0.478 e. The molecule has 0 aliphatic carbocycles. The summed E-state index contributed by atoms with van der Waals surface area (Å²) in [5.74, 6) is -1.07. The van der Waals surface area contributed by atoms with E-state index in [1.807, 2.05) is 0 Å². The first-order valence-electron chi connectivity index (χ1n) is 5.94. The second-order valence-electron chi connectivity index (χ2n) is 5.01. The van der Waals surface area contributed by atoms with Crippen LogP contribution in [0, 0.1) is 0 Å². The van der Waals surface area contributed by atoms with Crippen LogP contribution in [0.15, 0.2) is 35.2 Å². The number of rotatable bonds is 4. The van der Waals surface area contributed by atoms with Crippen molar-refractivity contribution < 1.29 is 23.4 Å². The average Bonchev–Trinajstić information content (AvgIpc) is 2.34. The molecule has 0 atom stereocenters. The van der Waals surface area contributed by atoms with Crippen molar-refractivity contribution in [3.8, 4) is 0 Å². The average molecular weight is 297 g/mol. The quantitative estimate of drug-likeness (QED) is 0.791. The standard InChI is InChI=1S/C13H15NO5S/c1-13(17)8-14(9-13)20(18,19)11-5-2-10(3-6-11)4-7-12(15)16/h2-7,17H,8-9H2,1H3,(H,15,16)/b7-4+. The van der Waals surface area contributed by atoms with Crippen molar-refractivity contribution in [2.24, 2.45) is 0 Å². The van der Waals surface area contributed by atoms with Crippen molar-refractivity contribution in [3.05, 3.63) is 35.9 Å². The first kappa shape index (κ1) is 14.7. The molecule has 2 rings (SSSR count). The zero-order valence-corrected chi connectivity index (χ0v) is 11.7. The van der Waals surface area contributed by atoms with Gasteiger partial charge in [-0.3, -0.25) is 0 Å². The van der Waals surface area contributed by atoms with Gasteiger partial charge in [0.05, 0.1) is 10.5 Å². The van der Waals surface area contributed by atoms with Crippen LogP contribution in [0.2, 0.25) is 0 Å². The molecule has 0 spiro atoms. The smallest absolute Gasteiger partial charge is 0.328 e. The molecule has 0 amide bonds. The van der Waals surface area contributed by atoms with E-state index < -0.39 is 21.6 Å². The van der Waals surface area contributed by atoms with Crippen LogP contribution in [0.3, 0.4) is 0 Å². The minimum atomic E-state index is -3.59. The predicted octanol–water partition coefficient (Wildman–Crippen LogP) is 0.540. The van der Waals surface area contributed by atoms with Crippen LogP contribution >= 0.6 is 0 Å². The molecule has 1 aromatic carbocycles. The number of benzene rings is 1. The number of carboxylic acid groups (broad SMARTS) is 1. The summed E-state index contributed by atoms with van der Waals surface area (Å²) < 4.78 is 25.6. The molecule has 1 aliphatic rings. The number of nitrogens with zero attached hydrogens (tertiary/aromatic N) is 1. The van der Waals surface area contributed by atoms with Crippen molar-refractivity contribution in [1.82, 2.24) is 4.31 Å². The zero-order chi connectivity index (χ0) is 15.0. The van der Waals surface area contributed by atoms with E-state index in [2.05, 4.69) is 0 Å². The van der Waals surface area contributed by atoms with E-state index in [4.69, 9.17) is 5.11 Å². The summed E-state index contributed by atoms with van der Waals surface area (Å²) in [6.45, 7) is 1.74. The van der Waals surface area contributed by atoms with Gasteiger partial charge in [-0.25, -0.2) is 13.2 Å². The number of carboxylic acids is 1. The van der Waals surface area contributed by atoms with Crippen LogP contribution in [-0.4, -0.2) is 47.6 Å². The zero-order valence-electron chi connectivity index (χ0n) is 10.9. The lowest BCUT2D eigenvalue weighted by Gasteiger charge is -2.42. The molecule has 0 aromatic heterocycles. The number of carbonyl (C=O) groups is 1. The molecule has 2 N–H and O–H groups in total. The number of hydrogen-bond donors (Lipinski definition) is 2. The van der Waals surface area contributed by atoms with Gasteiger partial charge in [-0.05, 0) is 30.7 Å². The number of aliphatic hydroxyl groups is 1. The lowest BCUT2D eigenvalue weighted by atomic mass is 10.0. The predicted molar refractivity (Wildman–Crippen MR) is 72.5 cm³/mol. The van der Waals surface area contributed by atoms with Crippen molar-refractivity contribution in [2.45, 2.75) is 17.4 Å². The third-order valence-corrected chi connectivity index (χ3v) is 4.78. The molecule has 0 saturated carbocycles. The molecule has 108 valence electrons. The third kappa shape index (κ3) is 3.06. The summed E-state index contributed by atoms with van der Waals surface area (Å²) in [6.07, 6.45) is 2.36. The summed E-state index contributed by atoms with van der Waals surface area (Å²) in [6, 6.07) is 5.91. The van der Waals surface area contributed by atoms with Crippen LogP contribution in [0.25, 0.3) is 6.08 Å². The van der Waals surface area contributed by atoms with Gasteiger partial charge in [0.25, 0.3) is 0 Å². The Labute approximate surface area is 117 Å². The van der Waals surface area contributed by atoms with Gasteiger partial charge >= 0.3 is 5.97 Å². The third-order valence-electron chi connectivity index (χ3n) is 2.97. The van der Waals surface area contributed by atoms with Crippen LogP contribution in [0.1, 0.15) is 12.5 Å². The van der Waals surface area contributed by atoms with E-state index in [1.54, 1.807) is 6.92 Å². The summed E-state index contributed by atoms with van der Waals surface area (Å²) in [4.78, 5) is 10.5. The summed E-state index contributed by atoms with van der Waals surface area (Å²) in [7, 11) is -3.59. The highest BCUT2D eigenvalue weighted by molar-refractivity contribution is 7.89. The Balaban J connectivity index is 2.16. The van der Waals surface area contributed by atoms with Gasteiger partial charge in [-0.15, -0.1) is 0 Å². The molecular formula is C13H15NO5S. The molecule has 0 bridgehead atoms. The molecular weight excluding hydrogens is 282 g/mol. The van der Waals surface area contributed by atoms with E-state index >= 15 is 0 Å². The Kier molecular flexibility index (Phi) is 3.68. The molecule has 0 radical (unpaired) electrons. The number of aliphatic carboxylic acids is 1. The van der Waals surface area contributed by atoms with E-state index in [0.717, 1.165) is 6.08 Å². The number of sulfonamides is 1. The Morgan fingerprint density at radius 3 is 2.30 bits per heavy atom. The van der Waals surface area contributed by atoms with Gasteiger partial charge in [0.2, 0.25) is 10.0 Å². The van der Waals surface area contributed by atoms with E-state index in [-0.39, 0.29) is 18.0 Å². The minimum absolute atomic E-state index is 0.0794. The van der Waals surface area contributed by atoms with Gasteiger partial charge in [0.1, 0.15) is 0 Å². The van der Waals surface area contributed by atoms with Crippen LogP contribution in [0.4, 0.5) is 0 Å². The fourth-order valence-electron chi connectivity index (χ4n) is 1.95. The Morgan fingerprint density at radius 2 is 1.85 bits per heavy atom. The maximum Gasteiger partial charge on any atom is 0.328 e. The Morgan fingerprint density at radius 1 is 1.30 bits per heavy atom. The van der Waals surface area contributed by atoms with Crippen molar-refractivity contribution >= 4 is 22.1 Å². The fraction of sp³-hybridized carbons (Fsp3) is 0.308. The molecule has 6 nitrogen and oxygen atoms in total. The maximum atomic E-state index is 12.2. The number of hydrogen-bond acceptors (Lipinski definition) is 4. The van der Waals surface area contributed by atoms with Gasteiger partial charge in [-0.2, -0.15) is 4.31 Å². The van der Waals surface area contributed by atoms with Crippen LogP contribution in [0.5, 0.6) is 0 Å². The van der Waals surface area contributed by atoms with Crippen molar-refractivity contribution in [3.63, 3.8) is 0 Å². The largest absolute Gasteiger partial charge is 0.478 e. The van der Waals surface area contributed by atoms with E-state index in [0.29, 0.717) is 5.56 Å². The van der Waals surface area contributed by atoms with Crippen LogP contribution in [-0.2, 0) is 14.8 Å². The van der Waals surface area contributed by atoms with Gasteiger partial charge < -0.3 is 10.2 Å². The molecule has 1 aliphatic heterocycles. The molecule has 0 unspecified atom stereocenters. The van der Waals surface area contributed by atoms with Crippen LogP contribution < -0.4 is 0 Å². The monoisotopic (exact) mass is 297 g/mol. The van der Waals surface area contributed by atoms with Gasteiger partial charge in [0.15, 0.2) is 0 Å². The first-order chi connectivity index (χ1) is 9.21. The normalized spacial score (nSPS) is 18.9. The molecule has 1 fully saturated rings. The summed E-state index contributed by atoms with van der Waals surface area (Å²) in [5.41, 5.74) is -0.362. The van der Waals surface area contributed by atoms with Crippen molar-refractivity contribution in [1.29, 1.82) is 0 Å². The van der Waals surface area contributed by atoms with E-state index in [9.17, 15) is 18.3 Å². The second kappa shape index (κ2) is 5.01. The van der Waals surface area contributed by atoms with E-state index in [1.165, 1.54) is 34.6 Å². The summed E-state index contributed by atoms with van der Waals surface area (Å²) >= 11 is 0. The van der Waals surface area contributed by atoms with Gasteiger partial charge in [-0.1, -0.05) is 12.1 Å². The molecule has 1 saturated heterocycles. The SMILES string of the molecule is CC1(O)CN(S(=O)(=O)c2ccc(/C=C/C(=O)O)cc2)C1. The summed E-state index contributed by atoms with van der Waals surface area (Å²) in [5, 5.41) is 18.1.